The van der Waals surface area contributed by atoms with Crippen LogP contribution >= 0.6 is 0 Å². The Hall–Kier alpha value is -0.350. The van der Waals surface area contributed by atoms with Gasteiger partial charge in [-0.3, -0.25) is 0 Å². The first-order chi connectivity index (χ1) is 6.20. The van der Waals surface area contributed by atoms with Crippen LogP contribution in [0.5, 0.6) is 0 Å². The molecular formula is C10H13NaO3. The van der Waals surface area contributed by atoms with Crippen molar-refractivity contribution in [3.8, 4) is 0 Å². The second-order valence-corrected chi connectivity index (χ2v) is 2.88. The van der Waals surface area contributed by atoms with Gasteiger partial charge in [-0.15, -0.1) is 0 Å². The predicted molar refractivity (Wildman–Crippen MR) is 55.6 cm³/mol. The number of benzene rings is 1. The fraction of sp³-hybridized carbons (Fsp3) is 0.300. The fourth-order valence-corrected chi connectivity index (χ4v) is 1.07. The molecule has 0 bridgehead atoms. The maximum atomic E-state index is 10.3. The number of aliphatic hydroxyl groups excluding tert-OH is 1. The van der Waals surface area contributed by atoms with E-state index in [1.54, 1.807) is 0 Å². The molecule has 14 heavy (non-hydrogen) atoms. The molecule has 0 radical (unpaired) electrons. The van der Waals surface area contributed by atoms with Gasteiger partial charge in [0.05, 0.1) is 0 Å². The number of carboxylic acids is 1. The Morgan fingerprint density at radius 1 is 1.29 bits per heavy atom. The molecule has 1 aromatic rings. The first-order valence-corrected chi connectivity index (χ1v) is 4.15. The molecule has 0 aliphatic carbocycles. The normalized spacial score (nSPS) is 11.5. The van der Waals surface area contributed by atoms with Crippen LogP contribution in [0.2, 0.25) is 0 Å². The summed E-state index contributed by atoms with van der Waals surface area (Å²) < 4.78 is 0. The molecule has 1 atom stereocenters. The summed E-state index contributed by atoms with van der Waals surface area (Å²) in [5.74, 6) is -1.16. The zero-order valence-corrected chi connectivity index (χ0v) is 7.18. The SMILES string of the molecule is O=C(O)[C@H](O)CCc1ccccc1.[NaH]. The number of aryl methyl sites for hydroxylation is 1. The Morgan fingerprint density at radius 2 is 1.86 bits per heavy atom. The van der Waals surface area contributed by atoms with Crippen LogP contribution in [0.3, 0.4) is 0 Å². The molecule has 0 unspecified atom stereocenters. The number of aliphatic carboxylic acids is 1. The molecule has 2 N–H and O–H groups in total. The summed E-state index contributed by atoms with van der Waals surface area (Å²) in [6.45, 7) is 0. The number of aliphatic hydroxyl groups is 1. The molecular weight excluding hydrogens is 191 g/mol. The molecule has 0 aromatic heterocycles. The van der Waals surface area contributed by atoms with Crippen LogP contribution in [0.25, 0.3) is 0 Å². The molecule has 0 heterocycles. The first kappa shape index (κ1) is 13.7. The van der Waals surface area contributed by atoms with E-state index in [0.29, 0.717) is 6.42 Å². The molecule has 0 saturated carbocycles. The van der Waals surface area contributed by atoms with Crippen LogP contribution in [-0.2, 0) is 11.2 Å². The van der Waals surface area contributed by atoms with Crippen molar-refractivity contribution in [3.05, 3.63) is 35.9 Å². The van der Waals surface area contributed by atoms with E-state index in [-0.39, 0.29) is 36.0 Å². The van der Waals surface area contributed by atoms with Gasteiger partial charge in [-0.05, 0) is 18.4 Å². The molecule has 0 saturated heterocycles. The van der Waals surface area contributed by atoms with Crippen molar-refractivity contribution in [2.45, 2.75) is 18.9 Å². The van der Waals surface area contributed by atoms with E-state index in [0.717, 1.165) is 5.56 Å². The molecule has 0 aliphatic heterocycles. The average molecular weight is 204 g/mol. The van der Waals surface area contributed by atoms with E-state index in [1.807, 2.05) is 30.3 Å². The van der Waals surface area contributed by atoms with Crippen LogP contribution in [0.4, 0.5) is 0 Å². The quantitative estimate of drug-likeness (QED) is 0.699. The van der Waals surface area contributed by atoms with Gasteiger partial charge in [-0.1, -0.05) is 30.3 Å². The zero-order valence-electron chi connectivity index (χ0n) is 7.18. The van der Waals surface area contributed by atoms with E-state index in [4.69, 9.17) is 10.2 Å². The van der Waals surface area contributed by atoms with Crippen LogP contribution in [0.1, 0.15) is 12.0 Å². The van der Waals surface area contributed by atoms with Crippen molar-refractivity contribution in [1.29, 1.82) is 0 Å². The van der Waals surface area contributed by atoms with Gasteiger partial charge in [0.2, 0.25) is 0 Å². The van der Waals surface area contributed by atoms with Crippen molar-refractivity contribution >= 4 is 35.5 Å². The molecule has 4 heteroatoms. The Balaban J connectivity index is 0.00000169. The Labute approximate surface area is 105 Å². The third-order valence-electron chi connectivity index (χ3n) is 1.83. The van der Waals surface area contributed by atoms with Crippen LogP contribution in [0, 0.1) is 0 Å². The molecule has 0 aliphatic rings. The zero-order chi connectivity index (χ0) is 9.68. The topological polar surface area (TPSA) is 57.5 Å². The van der Waals surface area contributed by atoms with Crippen LogP contribution < -0.4 is 0 Å². The minimum absolute atomic E-state index is 0. The van der Waals surface area contributed by atoms with E-state index >= 15 is 0 Å². The van der Waals surface area contributed by atoms with Crippen molar-refractivity contribution < 1.29 is 15.0 Å². The summed E-state index contributed by atoms with van der Waals surface area (Å²) in [6.07, 6.45) is -0.395. The predicted octanol–water partition coefficient (Wildman–Crippen LogP) is 0.416. The van der Waals surface area contributed by atoms with Gasteiger partial charge in [-0.25, -0.2) is 4.79 Å². The van der Waals surface area contributed by atoms with Crippen LogP contribution in [0.15, 0.2) is 30.3 Å². The summed E-state index contributed by atoms with van der Waals surface area (Å²) in [7, 11) is 0. The van der Waals surface area contributed by atoms with Gasteiger partial charge in [0.15, 0.2) is 6.10 Å². The molecule has 0 fully saturated rings. The van der Waals surface area contributed by atoms with Gasteiger partial charge >= 0.3 is 35.5 Å². The first-order valence-electron chi connectivity index (χ1n) is 4.15. The van der Waals surface area contributed by atoms with E-state index in [1.165, 1.54) is 0 Å². The van der Waals surface area contributed by atoms with Gasteiger partial charge in [0.1, 0.15) is 0 Å². The number of carboxylic acid groups (broad SMARTS) is 1. The van der Waals surface area contributed by atoms with Crippen LogP contribution in [-0.4, -0.2) is 51.8 Å². The van der Waals surface area contributed by atoms with Gasteiger partial charge < -0.3 is 10.2 Å². The van der Waals surface area contributed by atoms with Crippen molar-refractivity contribution in [1.82, 2.24) is 0 Å². The molecule has 0 amide bonds. The van der Waals surface area contributed by atoms with Gasteiger partial charge in [-0.2, -0.15) is 0 Å². The number of hydrogen-bond donors (Lipinski definition) is 2. The number of carbonyl (C=O) groups is 1. The summed E-state index contributed by atoms with van der Waals surface area (Å²) in [5, 5.41) is 17.4. The van der Waals surface area contributed by atoms with E-state index in [2.05, 4.69) is 0 Å². The third-order valence-corrected chi connectivity index (χ3v) is 1.83. The molecule has 1 aromatic carbocycles. The summed E-state index contributed by atoms with van der Waals surface area (Å²) in [6, 6.07) is 9.51. The second-order valence-electron chi connectivity index (χ2n) is 2.88. The number of rotatable bonds is 4. The standard InChI is InChI=1S/C10H12O3.Na.H/c11-9(10(12)13)7-6-8-4-2-1-3-5-8;;/h1-5,9,11H,6-7H2,(H,12,13);;/t9-;;/m1../s1. The van der Waals surface area contributed by atoms with E-state index in [9.17, 15) is 4.79 Å². The second kappa shape index (κ2) is 7.01. The average Bonchev–Trinajstić information content (AvgIpc) is 2.15. The van der Waals surface area contributed by atoms with Gasteiger partial charge in [0, 0.05) is 0 Å². The Morgan fingerprint density at radius 3 is 2.36 bits per heavy atom. The molecule has 1 rings (SSSR count). The monoisotopic (exact) mass is 204 g/mol. The third kappa shape index (κ3) is 4.77. The number of hydrogen-bond acceptors (Lipinski definition) is 2. The maximum absolute atomic E-state index is 10.3. The molecule has 72 valence electrons. The summed E-state index contributed by atoms with van der Waals surface area (Å²) in [5.41, 5.74) is 1.04. The Kier molecular flexibility index (Phi) is 6.83. The Bertz CT molecular complexity index is 274. The fourth-order valence-electron chi connectivity index (χ4n) is 1.07. The minimum atomic E-state index is -1.25. The molecule has 3 nitrogen and oxygen atoms in total. The van der Waals surface area contributed by atoms with Crippen molar-refractivity contribution in [3.63, 3.8) is 0 Å². The van der Waals surface area contributed by atoms with Crippen molar-refractivity contribution in [2.24, 2.45) is 0 Å². The van der Waals surface area contributed by atoms with E-state index < -0.39 is 12.1 Å². The summed E-state index contributed by atoms with van der Waals surface area (Å²) in [4.78, 5) is 10.3. The van der Waals surface area contributed by atoms with Crippen molar-refractivity contribution in [2.75, 3.05) is 0 Å². The molecule has 0 spiro atoms. The van der Waals surface area contributed by atoms with Gasteiger partial charge in [0.25, 0.3) is 0 Å². The summed E-state index contributed by atoms with van der Waals surface area (Å²) >= 11 is 0.